The number of aromatic amines is 1. The molecular formula is C21H20N6O3. The first-order valence-corrected chi connectivity index (χ1v) is 9.41. The first-order chi connectivity index (χ1) is 14.6. The van der Waals surface area contributed by atoms with E-state index in [9.17, 15) is 9.90 Å². The van der Waals surface area contributed by atoms with Crippen LogP contribution in [0.3, 0.4) is 0 Å². The number of hydrogen-bond acceptors (Lipinski definition) is 7. The van der Waals surface area contributed by atoms with Gasteiger partial charge in [0.25, 0.3) is 0 Å². The van der Waals surface area contributed by atoms with Crippen molar-refractivity contribution in [3.63, 3.8) is 0 Å². The largest absolute Gasteiger partial charge is 0.508 e. The van der Waals surface area contributed by atoms with Crippen molar-refractivity contribution in [3.05, 3.63) is 49.1 Å². The molecule has 4 rings (SSSR count). The molecule has 9 heteroatoms. The number of nitrogens with zero attached hydrogens (tertiary/aromatic N) is 4. The number of anilines is 1. The Morgan fingerprint density at radius 2 is 2.23 bits per heavy atom. The van der Waals surface area contributed by atoms with Gasteiger partial charge in [0, 0.05) is 19.1 Å². The molecule has 1 atom stereocenters. The van der Waals surface area contributed by atoms with E-state index in [1.165, 1.54) is 12.4 Å². The second-order valence-corrected chi connectivity index (χ2v) is 6.71. The van der Waals surface area contributed by atoms with Gasteiger partial charge in [-0.05, 0) is 42.7 Å². The van der Waals surface area contributed by atoms with E-state index in [1.54, 1.807) is 29.2 Å². The summed E-state index contributed by atoms with van der Waals surface area (Å²) in [5.41, 5.74) is 1.17. The lowest BCUT2D eigenvalue weighted by molar-refractivity contribution is -0.125. The summed E-state index contributed by atoms with van der Waals surface area (Å²) in [5, 5.41) is 12.6. The van der Waals surface area contributed by atoms with Gasteiger partial charge in [-0.15, -0.1) is 0 Å². The number of fused-ring (bicyclic) bond motifs is 1. The van der Waals surface area contributed by atoms with Crippen molar-refractivity contribution in [3.8, 4) is 23.3 Å². The summed E-state index contributed by atoms with van der Waals surface area (Å²) < 4.78 is 5.50. The number of nitrogens with one attached hydrogen (secondary N) is 2. The van der Waals surface area contributed by atoms with Gasteiger partial charge in [0.15, 0.2) is 17.3 Å². The van der Waals surface area contributed by atoms with E-state index in [-0.39, 0.29) is 24.3 Å². The van der Waals surface area contributed by atoms with Crippen LogP contribution in [0.4, 0.5) is 5.82 Å². The van der Waals surface area contributed by atoms with E-state index in [1.807, 2.05) is 0 Å². The molecule has 1 amide bonds. The quantitative estimate of drug-likeness (QED) is 0.438. The number of H-pyrrole nitrogens is 1. The summed E-state index contributed by atoms with van der Waals surface area (Å²) in [6, 6.07) is 6.51. The monoisotopic (exact) mass is 404 g/mol. The van der Waals surface area contributed by atoms with Crippen LogP contribution in [0.25, 0.3) is 11.2 Å². The molecule has 3 N–H and O–H groups in total. The molecule has 1 fully saturated rings. The average molecular weight is 404 g/mol. The van der Waals surface area contributed by atoms with Gasteiger partial charge in [-0.2, -0.15) is 0 Å². The third-order valence-electron chi connectivity index (χ3n) is 4.66. The molecule has 30 heavy (non-hydrogen) atoms. The van der Waals surface area contributed by atoms with Crippen LogP contribution in [0, 0.1) is 11.8 Å². The number of phenolic OH excluding ortho intramolecular Hbond substituents is 1. The highest BCUT2D eigenvalue weighted by atomic mass is 16.5. The van der Waals surface area contributed by atoms with Gasteiger partial charge in [0.1, 0.15) is 29.9 Å². The zero-order chi connectivity index (χ0) is 20.9. The van der Waals surface area contributed by atoms with Gasteiger partial charge in [-0.3, -0.25) is 4.79 Å². The zero-order valence-corrected chi connectivity index (χ0v) is 16.1. The van der Waals surface area contributed by atoms with Crippen LogP contribution < -0.4 is 10.1 Å². The number of hydrogen-bond donors (Lipinski definition) is 3. The highest BCUT2D eigenvalue weighted by Crippen LogP contribution is 2.20. The van der Waals surface area contributed by atoms with Crippen LogP contribution >= 0.6 is 0 Å². The Balaban J connectivity index is 1.42. The molecule has 2 aromatic heterocycles. The molecule has 1 aliphatic heterocycles. The maximum Gasteiger partial charge on any atom is 0.246 e. The molecule has 0 aliphatic carbocycles. The van der Waals surface area contributed by atoms with Crippen LogP contribution in [0.2, 0.25) is 0 Å². The van der Waals surface area contributed by atoms with Gasteiger partial charge in [-0.25, -0.2) is 15.0 Å². The third-order valence-corrected chi connectivity index (χ3v) is 4.66. The normalized spacial score (nSPS) is 15.5. The molecule has 9 nitrogen and oxygen atoms in total. The van der Waals surface area contributed by atoms with Crippen molar-refractivity contribution < 1.29 is 14.6 Å². The summed E-state index contributed by atoms with van der Waals surface area (Å²) in [4.78, 5) is 29.5. The Labute approximate surface area is 172 Å². The lowest BCUT2D eigenvalue weighted by atomic mass is 10.2. The van der Waals surface area contributed by atoms with E-state index in [0.717, 1.165) is 6.42 Å². The number of aromatic nitrogens is 4. The minimum Gasteiger partial charge on any atom is -0.508 e. The van der Waals surface area contributed by atoms with E-state index < -0.39 is 0 Å². The van der Waals surface area contributed by atoms with Crippen molar-refractivity contribution >= 4 is 22.9 Å². The second kappa shape index (κ2) is 8.53. The summed E-state index contributed by atoms with van der Waals surface area (Å²) in [6.07, 6.45) is 3.59. The minimum absolute atomic E-state index is 0.0687. The molecule has 0 spiro atoms. The van der Waals surface area contributed by atoms with Crippen molar-refractivity contribution in [2.24, 2.45) is 0 Å². The molecule has 0 radical (unpaired) electrons. The first-order valence-electron chi connectivity index (χ1n) is 9.41. The lowest BCUT2D eigenvalue weighted by Gasteiger charge is -2.15. The summed E-state index contributed by atoms with van der Waals surface area (Å²) in [5.74, 6) is 7.61. The Bertz CT molecular complexity index is 1130. The minimum atomic E-state index is -0.0687. The number of imidazole rings is 1. The van der Waals surface area contributed by atoms with Crippen molar-refractivity contribution in [1.82, 2.24) is 24.8 Å². The van der Waals surface area contributed by atoms with Crippen molar-refractivity contribution in [1.29, 1.82) is 0 Å². The summed E-state index contributed by atoms with van der Waals surface area (Å²) in [6.45, 7) is 4.97. The standard InChI is InChI=1S/C21H20N6O3/c1-2-18(29)27-10-9-14(12-27)24-20-19-21(23-13-22-20)26-17(25-19)4-3-11-30-16-7-5-15(28)6-8-16/h2,5-8,13-14,28H,1,9-12H2,(H2,22,23,24,25,26). The molecule has 1 saturated heterocycles. The highest BCUT2D eigenvalue weighted by molar-refractivity contribution is 5.87. The molecule has 1 aromatic carbocycles. The van der Waals surface area contributed by atoms with Crippen molar-refractivity contribution in [2.75, 3.05) is 25.0 Å². The van der Waals surface area contributed by atoms with Crippen LogP contribution in [0.1, 0.15) is 12.2 Å². The molecule has 3 aromatic rings. The average Bonchev–Trinajstić information content (AvgIpc) is 3.39. The number of ether oxygens (including phenoxy) is 1. The van der Waals surface area contributed by atoms with Gasteiger partial charge >= 0.3 is 0 Å². The maximum atomic E-state index is 11.8. The first kappa shape index (κ1) is 19.3. The predicted molar refractivity (Wildman–Crippen MR) is 111 cm³/mol. The molecule has 152 valence electrons. The molecule has 3 heterocycles. The molecule has 1 aliphatic rings. The number of carbonyl (C=O) groups is 1. The number of carbonyl (C=O) groups excluding carboxylic acids is 1. The van der Waals surface area contributed by atoms with Crippen LogP contribution in [-0.4, -0.2) is 61.6 Å². The van der Waals surface area contributed by atoms with E-state index in [0.29, 0.717) is 41.6 Å². The van der Waals surface area contributed by atoms with E-state index in [4.69, 9.17) is 4.74 Å². The number of aromatic hydroxyl groups is 1. The molecule has 0 bridgehead atoms. The van der Waals surface area contributed by atoms with Crippen LogP contribution in [-0.2, 0) is 4.79 Å². The number of likely N-dealkylation sites (tertiary alicyclic amines) is 1. The van der Waals surface area contributed by atoms with Crippen LogP contribution in [0.5, 0.6) is 11.5 Å². The lowest BCUT2D eigenvalue weighted by Crippen LogP contribution is -2.30. The third kappa shape index (κ3) is 4.33. The van der Waals surface area contributed by atoms with Gasteiger partial charge in [0.05, 0.1) is 0 Å². The number of amides is 1. The fraction of sp³-hybridized carbons (Fsp3) is 0.238. The highest BCUT2D eigenvalue weighted by Gasteiger charge is 2.25. The van der Waals surface area contributed by atoms with E-state index in [2.05, 4.69) is 43.7 Å². The number of rotatable bonds is 5. The smallest absolute Gasteiger partial charge is 0.246 e. The Morgan fingerprint density at radius 1 is 1.40 bits per heavy atom. The Hall–Kier alpha value is -4.06. The Kier molecular flexibility index (Phi) is 5.48. The summed E-state index contributed by atoms with van der Waals surface area (Å²) in [7, 11) is 0. The molecule has 1 unspecified atom stereocenters. The SMILES string of the molecule is C=CC(=O)N1CCC(Nc2ncnc3nc(C#CCOc4ccc(O)cc4)[nH]c23)C1. The number of phenols is 1. The fourth-order valence-electron chi connectivity index (χ4n) is 3.18. The van der Waals surface area contributed by atoms with Crippen molar-refractivity contribution in [2.45, 2.75) is 12.5 Å². The molecular weight excluding hydrogens is 384 g/mol. The van der Waals surface area contributed by atoms with Crippen LogP contribution in [0.15, 0.2) is 43.2 Å². The number of benzene rings is 1. The van der Waals surface area contributed by atoms with Gasteiger partial charge < -0.3 is 25.0 Å². The predicted octanol–water partition coefficient (Wildman–Crippen LogP) is 1.69. The maximum absolute atomic E-state index is 11.8. The fourth-order valence-corrected chi connectivity index (χ4v) is 3.18. The zero-order valence-electron chi connectivity index (χ0n) is 16.1. The summed E-state index contributed by atoms with van der Waals surface area (Å²) >= 11 is 0. The molecule has 0 saturated carbocycles. The van der Waals surface area contributed by atoms with Gasteiger partial charge in [0.2, 0.25) is 5.91 Å². The second-order valence-electron chi connectivity index (χ2n) is 6.71. The topological polar surface area (TPSA) is 116 Å². The van der Waals surface area contributed by atoms with Gasteiger partial charge in [-0.1, -0.05) is 12.5 Å². The van der Waals surface area contributed by atoms with E-state index >= 15 is 0 Å². The Morgan fingerprint density at radius 3 is 3.03 bits per heavy atom.